The number of phosphoric acid groups is 1. The van der Waals surface area contributed by atoms with Gasteiger partial charge in [0.05, 0.1) is 6.61 Å². The minimum Gasteiger partial charge on any atom is -0.462 e. The lowest BCUT2D eigenvalue weighted by Crippen LogP contribution is -2.29. The van der Waals surface area contributed by atoms with E-state index in [1.165, 1.54) is 161 Å². The van der Waals surface area contributed by atoms with Crippen molar-refractivity contribution >= 4 is 19.8 Å². The zero-order valence-corrected chi connectivity index (χ0v) is 37.4. The van der Waals surface area contributed by atoms with E-state index in [1.54, 1.807) is 0 Å². The first-order valence-corrected chi connectivity index (χ1v) is 25.2. The van der Waals surface area contributed by atoms with Crippen molar-refractivity contribution in [3.63, 3.8) is 0 Å². The Labute approximate surface area is 345 Å². The lowest BCUT2D eigenvalue weighted by Gasteiger charge is -2.18. The Balaban J connectivity index is 3.84. The first-order valence-electron chi connectivity index (χ1n) is 23.6. The largest absolute Gasteiger partial charge is 0.469 e. The molecule has 0 aliphatic heterocycles. The van der Waals surface area contributed by atoms with Crippen molar-refractivity contribution in [2.75, 3.05) is 13.2 Å². The van der Waals surface area contributed by atoms with Gasteiger partial charge < -0.3 is 19.3 Å². The van der Waals surface area contributed by atoms with Crippen LogP contribution < -0.4 is 0 Å². The molecule has 0 saturated carbocycles. The summed E-state index contributed by atoms with van der Waals surface area (Å²) in [7, 11) is -4.76. The first-order chi connectivity index (χ1) is 27.3. The molecule has 0 radical (unpaired) electrons. The van der Waals surface area contributed by atoms with E-state index in [0.717, 1.165) is 44.9 Å². The number of hydrogen-bond acceptors (Lipinski definition) is 6. The van der Waals surface area contributed by atoms with Gasteiger partial charge in [0.25, 0.3) is 0 Å². The Morgan fingerprint density at radius 3 is 1.14 bits per heavy atom. The Hall–Kier alpha value is -1.47. The van der Waals surface area contributed by atoms with Gasteiger partial charge in [-0.1, -0.05) is 199 Å². The van der Waals surface area contributed by atoms with Crippen LogP contribution in [-0.4, -0.2) is 41.0 Å². The normalized spacial score (nSPS) is 12.6. The summed E-state index contributed by atoms with van der Waals surface area (Å²) in [5.74, 6) is -0.922. The summed E-state index contributed by atoms with van der Waals surface area (Å²) in [5.41, 5.74) is 0. The number of carbonyl (C=O) groups is 2. The highest BCUT2D eigenvalue weighted by molar-refractivity contribution is 7.46. The quantitative estimate of drug-likeness (QED) is 0.0270. The molecule has 0 heterocycles. The fraction of sp³-hybridized carbons (Fsp3) is 0.872. The van der Waals surface area contributed by atoms with Gasteiger partial charge in [-0.05, 0) is 57.8 Å². The van der Waals surface area contributed by atoms with Gasteiger partial charge in [-0.25, -0.2) is 4.57 Å². The number of hydrogen-bond donors (Lipinski definition) is 2. The maximum Gasteiger partial charge on any atom is 0.469 e. The molecule has 0 saturated heterocycles. The lowest BCUT2D eigenvalue weighted by molar-refractivity contribution is -0.161. The van der Waals surface area contributed by atoms with Gasteiger partial charge in [-0.2, -0.15) is 0 Å². The highest BCUT2D eigenvalue weighted by Crippen LogP contribution is 2.36. The van der Waals surface area contributed by atoms with Gasteiger partial charge >= 0.3 is 19.8 Å². The molecule has 0 amide bonds. The molecule has 9 heteroatoms. The third kappa shape index (κ3) is 45.2. The molecule has 330 valence electrons. The first kappa shape index (κ1) is 54.5. The highest BCUT2D eigenvalue weighted by atomic mass is 31.2. The third-order valence-corrected chi connectivity index (χ3v) is 10.9. The molecular weight excluding hydrogens is 723 g/mol. The Morgan fingerprint density at radius 2 is 0.768 bits per heavy atom. The van der Waals surface area contributed by atoms with E-state index in [9.17, 15) is 14.2 Å². The molecule has 0 fully saturated rings. The number of carbonyl (C=O) groups excluding carboxylic acids is 2. The Kier molecular flexibility index (Phi) is 42.0. The van der Waals surface area contributed by atoms with E-state index in [0.29, 0.717) is 12.8 Å². The zero-order chi connectivity index (χ0) is 41.1. The number of esters is 2. The van der Waals surface area contributed by atoms with Crippen LogP contribution in [0, 0.1) is 0 Å². The number of rotatable bonds is 44. The van der Waals surface area contributed by atoms with Crippen molar-refractivity contribution < 1.29 is 37.9 Å². The average molecular weight is 813 g/mol. The second kappa shape index (κ2) is 43.1. The van der Waals surface area contributed by atoms with Crippen molar-refractivity contribution in [3.05, 3.63) is 24.3 Å². The van der Waals surface area contributed by atoms with Crippen LogP contribution >= 0.6 is 7.82 Å². The van der Waals surface area contributed by atoms with Gasteiger partial charge in [-0.15, -0.1) is 0 Å². The molecule has 1 atom stereocenters. The van der Waals surface area contributed by atoms with Crippen LogP contribution in [0.5, 0.6) is 0 Å². The van der Waals surface area contributed by atoms with Crippen LogP contribution in [0.4, 0.5) is 0 Å². The number of unbranched alkanes of at least 4 members (excludes halogenated alkanes) is 30. The van der Waals surface area contributed by atoms with Crippen LogP contribution in [0.1, 0.15) is 245 Å². The van der Waals surface area contributed by atoms with E-state index in [1.807, 2.05) is 0 Å². The van der Waals surface area contributed by atoms with Gasteiger partial charge in [-0.3, -0.25) is 14.1 Å². The molecule has 0 rings (SSSR count). The summed E-state index contributed by atoms with van der Waals surface area (Å²) in [5, 5.41) is 0. The van der Waals surface area contributed by atoms with Gasteiger partial charge in [0, 0.05) is 12.8 Å². The zero-order valence-electron chi connectivity index (χ0n) is 36.5. The van der Waals surface area contributed by atoms with Crippen molar-refractivity contribution in [2.24, 2.45) is 0 Å². The summed E-state index contributed by atoms with van der Waals surface area (Å²) in [4.78, 5) is 42.9. The van der Waals surface area contributed by atoms with E-state index in [4.69, 9.17) is 19.3 Å². The maximum absolute atomic E-state index is 12.4. The molecule has 56 heavy (non-hydrogen) atoms. The van der Waals surface area contributed by atoms with Crippen molar-refractivity contribution in [1.29, 1.82) is 0 Å². The predicted octanol–water partition coefficient (Wildman–Crippen LogP) is 14.7. The smallest absolute Gasteiger partial charge is 0.462 e. The van der Waals surface area contributed by atoms with E-state index in [2.05, 4.69) is 42.7 Å². The van der Waals surface area contributed by atoms with E-state index < -0.39 is 32.5 Å². The average Bonchev–Trinajstić information content (AvgIpc) is 3.17. The van der Waals surface area contributed by atoms with E-state index in [-0.39, 0.29) is 19.4 Å². The topological polar surface area (TPSA) is 119 Å². The molecule has 0 aromatic heterocycles. The third-order valence-electron chi connectivity index (χ3n) is 10.4. The van der Waals surface area contributed by atoms with Crippen molar-refractivity contribution in [3.8, 4) is 0 Å². The standard InChI is InChI=1S/C47H89O8P/c1-3-5-7-9-11-13-15-17-19-20-21-22-23-24-25-26-28-29-31-33-35-37-39-41-46(48)53-43-45(44-54-56(50,51)52)55-47(49)42-40-38-36-34-32-30-27-18-16-14-12-10-8-6-4-2/h18,27,33,35,45H,3-17,19-26,28-32,34,36-44H2,1-2H3,(H2,50,51,52)/b27-18+,35-33+/t45-/m1/s1. The van der Waals surface area contributed by atoms with Crippen LogP contribution in [-0.2, 0) is 28.2 Å². The van der Waals surface area contributed by atoms with Crippen molar-refractivity contribution in [1.82, 2.24) is 0 Å². The molecule has 0 aliphatic carbocycles. The predicted molar refractivity (Wildman–Crippen MR) is 235 cm³/mol. The fourth-order valence-electron chi connectivity index (χ4n) is 6.90. The summed E-state index contributed by atoms with van der Waals surface area (Å²) in [6.45, 7) is 3.68. The molecule has 0 aromatic carbocycles. The second-order valence-corrected chi connectivity index (χ2v) is 17.3. The summed E-state index contributed by atoms with van der Waals surface area (Å²) in [6.07, 6.45) is 50.6. The van der Waals surface area contributed by atoms with Crippen LogP contribution in [0.3, 0.4) is 0 Å². The molecule has 0 unspecified atom stereocenters. The molecule has 0 aliphatic rings. The van der Waals surface area contributed by atoms with E-state index >= 15 is 0 Å². The maximum atomic E-state index is 12.4. The summed E-state index contributed by atoms with van der Waals surface area (Å²) in [6, 6.07) is 0. The molecular formula is C47H89O8P. The monoisotopic (exact) mass is 813 g/mol. The molecule has 0 aromatic rings. The van der Waals surface area contributed by atoms with Crippen LogP contribution in [0.2, 0.25) is 0 Å². The SMILES string of the molecule is CCCCCCCC/C=C/CCCCCCCC(=O)O[C@H](COC(=O)CCC/C=C/CCCCCCCCCCCCCCCCCCCC)COP(=O)(O)O. The van der Waals surface area contributed by atoms with Crippen LogP contribution in [0.25, 0.3) is 0 Å². The minimum absolute atomic E-state index is 0.199. The van der Waals surface area contributed by atoms with Gasteiger partial charge in [0.2, 0.25) is 0 Å². The lowest BCUT2D eigenvalue weighted by atomic mass is 10.0. The van der Waals surface area contributed by atoms with Gasteiger partial charge in [0.1, 0.15) is 6.61 Å². The Morgan fingerprint density at radius 1 is 0.446 bits per heavy atom. The fourth-order valence-corrected chi connectivity index (χ4v) is 7.26. The molecule has 2 N–H and O–H groups in total. The summed E-state index contributed by atoms with van der Waals surface area (Å²) >= 11 is 0. The molecule has 0 spiro atoms. The number of phosphoric ester groups is 1. The minimum atomic E-state index is -4.76. The highest BCUT2D eigenvalue weighted by Gasteiger charge is 2.22. The summed E-state index contributed by atoms with van der Waals surface area (Å²) < 4.78 is 26.4. The Bertz CT molecular complexity index is 962. The second-order valence-electron chi connectivity index (χ2n) is 16.1. The van der Waals surface area contributed by atoms with Crippen molar-refractivity contribution in [2.45, 2.75) is 251 Å². The van der Waals surface area contributed by atoms with Crippen LogP contribution in [0.15, 0.2) is 24.3 Å². The molecule has 0 bridgehead atoms. The molecule has 8 nitrogen and oxygen atoms in total. The number of ether oxygens (including phenoxy) is 2. The number of allylic oxidation sites excluding steroid dienone is 4. The van der Waals surface area contributed by atoms with Gasteiger partial charge in [0.15, 0.2) is 6.10 Å².